The van der Waals surface area contributed by atoms with Crippen LogP contribution in [0, 0.1) is 0 Å². The summed E-state index contributed by atoms with van der Waals surface area (Å²) in [5.41, 5.74) is 3.58. The molecule has 0 saturated carbocycles. The van der Waals surface area contributed by atoms with E-state index < -0.39 is 66.5 Å². The first kappa shape index (κ1) is 14.3. The number of benzene rings is 8. The smallest absolute Gasteiger partial charge is 0.136 e. The van der Waals surface area contributed by atoms with Crippen LogP contribution in [0.2, 0.25) is 0 Å². The van der Waals surface area contributed by atoms with Crippen LogP contribution in [-0.4, -0.2) is 0 Å². The average molecular weight is 532 g/mol. The summed E-state index contributed by atoms with van der Waals surface area (Å²) < 4.78 is 104. The molecule has 0 atom stereocenters. The Balaban J connectivity index is 1.56. The van der Waals surface area contributed by atoms with Crippen LogP contribution in [0.3, 0.4) is 0 Å². The van der Waals surface area contributed by atoms with Crippen LogP contribution in [-0.2, 0) is 0 Å². The molecule has 0 N–H and O–H groups in total. The van der Waals surface area contributed by atoms with Gasteiger partial charge < -0.3 is 4.42 Å². The quantitative estimate of drug-likeness (QED) is 0.160. The first-order chi connectivity index (χ1) is 24.9. The van der Waals surface area contributed by atoms with Crippen LogP contribution in [0.5, 0.6) is 0 Å². The molecule has 0 amide bonds. The third-order valence-electron chi connectivity index (χ3n) is 7.79. The molecule has 190 valence electrons. The van der Waals surface area contributed by atoms with Crippen LogP contribution in [0.1, 0.15) is 15.1 Å². The van der Waals surface area contributed by atoms with Crippen molar-refractivity contribution in [2.75, 3.05) is 0 Å². The minimum Gasteiger partial charge on any atom is -0.456 e. The van der Waals surface area contributed by atoms with Crippen molar-refractivity contribution >= 4 is 65.0 Å². The first-order valence-electron chi connectivity index (χ1n) is 18.7. The number of hydrogen-bond donors (Lipinski definition) is 0. The Morgan fingerprint density at radius 2 is 1.24 bits per heavy atom. The Hall–Kier alpha value is -5.40. The fourth-order valence-corrected chi connectivity index (χ4v) is 6.01. The van der Waals surface area contributed by atoms with Crippen molar-refractivity contribution < 1.29 is 19.5 Å². The van der Waals surface area contributed by atoms with Crippen LogP contribution in [0.25, 0.3) is 87.3 Å². The molecule has 1 heterocycles. The summed E-state index contributed by atoms with van der Waals surface area (Å²) in [6.45, 7) is 0. The Labute approximate surface area is 252 Å². The van der Waals surface area contributed by atoms with Crippen LogP contribution < -0.4 is 0 Å². The molecule has 0 spiro atoms. The molecule has 9 rings (SSSR count). The van der Waals surface area contributed by atoms with Crippen LogP contribution in [0.15, 0.2) is 150 Å². The van der Waals surface area contributed by atoms with Crippen molar-refractivity contribution in [1.29, 1.82) is 0 Å². The number of rotatable bonds is 2. The summed E-state index contributed by atoms with van der Waals surface area (Å²) in [4.78, 5) is 0. The Morgan fingerprint density at radius 3 is 2.15 bits per heavy atom. The Bertz CT molecular complexity index is 3080. The van der Waals surface area contributed by atoms with E-state index >= 15 is 0 Å². The molecule has 8 aromatic carbocycles. The maximum atomic E-state index is 9.43. The number of furan rings is 1. The van der Waals surface area contributed by atoms with Gasteiger partial charge in [-0.3, -0.25) is 0 Å². The lowest BCUT2D eigenvalue weighted by atomic mass is 9.88. The molecule has 1 heteroatoms. The number of hydrogen-bond acceptors (Lipinski definition) is 1. The molecule has 0 aliphatic rings. The van der Waals surface area contributed by atoms with E-state index in [1.807, 2.05) is 60.7 Å². The van der Waals surface area contributed by atoms with Gasteiger partial charge in [0.25, 0.3) is 0 Å². The van der Waals surface area contributed by atoms with Gasteiger partial charge in [-0.25, -0.2) is 0 Å². The lowest BCUT2D eigenvalue weighted by Gasteiger charge is -2.15. The zero-order valence-corrected chi connectivity index (χ0v) is 21.4. The summed E-state index contributed by atoms with van der Waals surface area (Å²) in [5.74, 6) is 0. The molecule has 0 radical (unpaired) electrons. The molecule has 0 saturated heterocycles. The van der Waals surface area contributed by atoms with E-state index in [0.717, 1.165) is 21.9 Å². The van der Waals surface area contributed by atoms with Crippen LogP contribution >= 0.6 is 0 Å². The van der Waals surface area contributed by atoms with E-state index in [9.17, 15) is 2.74 Å². The molecule has 1 nitrogen and oxygen atoms in total. The van der Waals surface area contributed by atoms with Crippen molar-refractivity contribution in [3.8, 4) is 22.3 Å². The lowest BCUT2D eigenvalue weighted by Crippen LogP contribution is -1.88. The van der Waals surface area contributed by atoms with Crippen molar-refractivity contribution in [3.05, 3.63) is 145 Å². The van der Waals surface area contributed by atoms with Gasteiger partial charge in [-0.1, -0.05) is 121 Å². The number of fused-ring (bicyclic) bond motifs is 8. The monoisotopic (exact) mass is 531 g/mol. The fraction of sp³-hybridized carbons (Fsp3) is 0. The standard InChI is InChI=1S/C40H24O/c1-2-10-25(11-3-1)29-17-8-14-28-23-38-36(24-34(28)29)40-33(18-9-19-37(40)41-38)39-31-16-7-5-13-27(31)22-35-30-15-6-4-12-26(30)20-21-32(35)39/h1-24H/i4D,5D,6D,7D,12D,13D,15D,16D,20D,21D,22D. The molecule has 41 heavy (non-hydrogen) atoms. The second-order valence-corrected chi connectivity index (χ2v) is 10.0. The van der Waals surface area contributed by atoms with Gasteiger partial charge >= 0.3 is 0 Å². The normalized spacial score (nSPS) is 15.7. The minimum absolute atomic E-state index is 0.0299. The highest BCUT2D eigenvalue weighted by molar-refractivity contribution is 6.25. The van der Waals surface area contributed by atoms with E-state index in [2.05, 4.69) is 0 Å². The van der Waals surface area contributed by atoms with Crippen LogP contribution in [0.4, 0.5) is 0 Å². The average Bonchev–Trinajstić information content (AvgIpc) is 3.52. The molecule has 0 aliphatic heterocycles. The van der Waals surface area contributed by atoms with Gasteiger partial charge in [0.05, 0.1) is 15.1 Å². The zero-order chi connectivity index (χ0) is 36.5. The topological polar surface area (TPSA) is 13.1 Å². The van der Waals surface area contributed by atoms with E-state index in [4.69, 9.17) is 16.8 Å². The molecular formula is C40H24O. The minimum atomic E-state index is -0.587. The summed E-state index contributed by atoms with van der Waals surface area (Å²) in [6, 6.07) is 19.5. The molecular weight excluding hydrogens is 496 g/mol. The highest BCUT2D eigenvalue weighted by atomic mass is 16.3. The van der Waals surface area contributed by atoms with E-state index in [1.165, 1.54) is 0 Å². The third kappa shape index (κ3) is 3.30. The zero-order valence-electron chi connectivity index (χ0n) is 32.4. The Kier molecular flexibility index (Phi) is 2.98. The highest BCUT2D eigenvalue weighted by Crippen LogP contribution is 2.45. The second-order valence-electron chi connectivity index (χ2n) is 10.0. The SMILES string of the molecule is [2H]c1c([2H])c([2H])c2c([2H])c3c(c([2H])c([2H])c4c([2H])c([2H])c([2H])c([2H])c43)c(-c3cccc4oc5cc6cccc(-c7ccccc7)c6cc5c34)c2c1[2H]. The third-order valence-corrected chi connectivity index (χ3v) is 7.79. The molecule has 0 aliphatic carbocycles. The maximum absolute atomic E-state index is 9.43. The van der Waals surface area contributed by atoms with E-state index in [-0.39, 0.29) is 37.9 Å². The van der Waals surface area contributed by atoms with Gasteiger partial charge in [0.15, 0.2) is 0 Å². The fourth-order valence-electron chi connectivity index (χ4n) is 6.01. The van der Waals surface area contributed by atoms with Crippen molar-refractivity contribution in [1.82, 2.24) is 0 Å². The first-order valence-corrected chi connectivity index (χ1v) is 13.2. The summed E-state index contributed by atoms with van der Waals surface area (Å²) in [6.07, 6.45) is 0. The van der Waals surface area contributed by atoms with Gasteiger partial charge in [-0.15, -0.1) is 0 Å². The van der Waals surface area contributed by atoms with Gasteiger partial charge in [-0.2, -0.15) is 0 Å². The van der Waals surface area contributed by atoms with Gasteiger partial charge in [0.2, 0.25) is 0 Å². The van der Waals surface area contributed by atoms with Crippen molar-refractivity contribution in [2.45, 2.75) is 0 Å². The summed E-state index contributed by atoms with van der Waals surface area (Å²) >= 11 is 0. The summed E-state index contributed by atoms with van der Waals surface area (Å²) in [5, 5.41) is 2.41. The highest BCUT2D eigenvalue weighted by Gasteiger charge is 2.19. The summed E-state index contributed by atoms with van der Waals surface area (Å²) in [7, 11) is 0. The lowest BCUT2D eigenvalue weighted by molar-refractivity contribution is 0.669. The van der Waals surface area contributed by atoms with Gasteiger partial charge in [-0.05, 0) is 89.6 Å². The predicted octanol–water partition coefficient (Wildman–Crippen LogP) is 11.5. The Morgan fingerprint density at radius 1 is 0.463 bits per heavy atom. The molecule has 0 fully saturated rings. The molecule has 9 aromatic rings. The van der Waals surface area contributed by atoms with E-state index in [1.54, 1.807) is 18.2 Å². The van der Waals surface area contributed by atoms with Crippen molar-refractivity contribution in [2.24, 2.45) is 0 Å². The molecule has 0 unspecified atom stereocenters. The van der Waals surface area contributed by atoms with Crippen molar-refractivity contribution in [3.63, 3.8) is 0 Å². The van der Waals surface area contributed by atoms with E-state index in [0.29, 0.717) is 27.5 Å². The molecule has 1 aromatic heterocycles. The molecule has 0 bridgehead atoms. The predicted molar refractivity (Wildman–Crippen MR) is 175 cm³/mol. The largest absolute Gasteiger partial charge is 0.456 e. The second kappa shape index (κ2) is 8.55. The van der Waals surface area contributed by atoms with Gasteiger partial charge in [0.1, 0.15) is 11.2 Å². The maximum Gasteiger partial charge on any atom is 0.136 e. The van der Waals surface area contributed by atoms with Gasteiger partial charge in [0, 0.05) is 10.8 Å².